The van der Waals surface area contributed by atoms with Gasteiger partial charge in [-0.2, -0.15) is 5.26 Å². The second-order valence-corrected chi connectivity index (χ2v) is 7.89. The summed E-state index contributed by atoms with van der Waals surface area (Å²) in [5.74, 6) is -0.0775. The molecule has 0 atom stereocenters. The van der Waals surface area contributed by atoms with Crippen molar-refractivity contribution >= 4 is 25.5 Å². The largest absolute Gasteiger partial charge is 0.282 e. The summed E-state index contributed by atoms with van der Waals surface area (Å²) in [5.41, 5.74) is -0.0174. The molecule has 0 aliphatic heterocycles. The van der Waals surface area contributed by atoms with Crippen LogP contribution >= 0.6 is 0 Å². The molecule has 0 heterocycles. The van der Waals surface area contributed by atoms with Crippen molar-refractivity contribution in [3.63, 3.8) is 0 Å². The molecule has 0 aromatic heterocycles. The number of allylic oxidation sites excluding steroid dienone is 1. The molecule has 0 radical (unpaired) electrons. The number of rotatable bonds is 7. The predicted octanol–water partition coefficient (Wildman–Crippen LogP) is 2.04. The number of para-hydroxylation sites is 1. The van der Waals surface area contributed by atoms with Crippen LogP contribution in [0.5, 0.6) is 0 Å². The number of nitrogens with one attached hydrogen (secondary N) is 1. The zero-order valence-corrected chi connectivity index (χ0v) is 13.1. The van der Waals surface area contributed by atoms with Crippen LogP contribution in [0.3, 0.4) is 0 Å². The second-order valence-electron chi connectivity index (χ2n) is 4.25. The molecule has 0 saturated heterocycles. The average molecular weight is 328 g/mol. The van der Waals surface area contributed by atoms with E-state index in [2.05, 4.69) is 4.72 Å². The van der Waals surface area contributed by atoms with Crippen molar-refractivity contribution in [3.8, 4) is 6.07 Å². The summed E-state index contributed by atoms with van der Waals surface area (Å²) in [6.45, 7) is 1.86. The lowest BCUT2D eigenvalue weighted by Gasteiger charge is -2.11. The summed E-state index contributed by atoms with van der Waals surface area (Å²) < 4.78 is 50.1. The smallest absolute Gasteiger partial charge is 0.232 e. The Bertz CT molecular complexity index is 760. The van der Waals surface area contributed by atoms with Crippen LogP contribution in [0.2, 0.25) is 0 Å². The third-order valence-electron chi connectivity index (χ3n) is 2.55. The minimum Gasteiger partial charge on any atom is -0.282 e. The number of hydrogen-bond acceptors (Lipinski definition) is 5. The fraction of sp³-hybridized carbons (Fsp3) is 0.308. The Labute approximate surface area is 125 Å². The summed E-state index contributed by atoms with van der Waals surface area (Å²) in [6, 6.07) is 7.26. The lowest BCUT2D eigenvalue weighted by atomic mass is 10.3. The first-order valence-corrected chi connectivity index (χ1v) is 9.43. The van der Waals surface area contributed by atoms with Gasteiger partial charge >= 0.3 is 0 Å². The molecule has 1 N–H and O–H groups in total. The Balaban J connectivity index is 3.18. The van der Waals surface area contributed by atoms with E-state index in [0.717, 1.165) is 11.5 Å². The highest BCUT2D eigenvalue weighted by Crippen LogP contribution is 2.24. The maximum Gasteiger partial charge on any atom is 0.232 e. The van der Waals surface area contributed by atoms with Crippen LogP contribution < -0.4 is 4.72 Å². The number of hydrogen-bond donors (Lipinski definition) is 1. The first-order valence-electron chi connectivity index (χ1n) is 6.23. The van der Waals surface area contributed by atoms with E-state index in [1.807, 2.05) is 6.92 Å². The van der Waals surface area contributed by atoms with Gasteiger partial charge in [0.25, 0.3) is 0 Å². The van der Waals surface area contributed by atoms with E-state index in [0.29, 0.717) is 12.8 Å². The SMILES string of the molecule is CCCCS(=O)(=O)Nc1ccccc1S(=O)(=O)C=CC#N. The Morgan fingerprint density at radius 2 is 1.90 bits per heavy atom. The third-order valence-corrected chi connectivity index (χ3v) is 5.37. The Morgan fingerprint density at radius 3 is 2.52 bits per heavy atom. The van der Waals surface area contributed by atoms with Crippen molar-refractivity contribution in [2.45, 2.75) is 24.7 Å². The Kier molecular flexibility index (Phi) is 5.93. The van der Waals surface area contributed by atoms with Crippen molar-refractivity contribution in [3.05, 3.63) is 35.7 Å². The van der Waals surface area contributed by atoms with Crippen LogP contribution in [-0.2, 0) is 19.9 Å². The van der Waals surface area contributed by atoms with Gasteiger partial charge in [-0.3, -0.25) is 4.72 Å². The van der Waals surface area contributed by atoms with Gasteiger partial charge in [0.05, 0.1) is 22.4 Å². The molecular weight excluding hydrogens is 312 g/mol. The monoisotopic (exact) mass is 328 g/mol. The molecule has 114 valence electrons. The minimum atomic E-state index is -3.88. The van der Waals surface area contributed by atoms with Gasteiger partial charge in [0.2, 0.25) is 19.9 Å². The summed E-state index contributed by atoms with van der Waals surface area (Å²) in [5, 5.41) is 9.16. The first kappa shape index (κ1) is 17.2. The van der Waals surface area contributed by atoms with Gasteiger partial charge in [0.15, 0.2) is 0 Å². The van der Waals surface area contributed by atoms with Crippen LogP contribution in [0, 0.1) is 11.3 Å². The molecule has 1 rings (SSSR count). The summed E-state index contributed by atoms with van der Waals surface area (Å²) >= 11 is 0. The first-order chi connectivity index (χ1) is 9.82. The molecule has 0 saturated carbocycles. The second kappa shape index (κ2) is 7.24. The Morgan fingerprint density at radius 1 is 1.24 bits per heavy atom. The molecule has 0 fully saturated rings. The standard InChI is InChI=1S/C13H16N2O4S2/c1-2-3-11-21(18,19)15-12-7-4-5-8-13(12)20(16,17)10-6-9-14/h4-8,10,15H,2-3,11H2,1H3. The van der Waals surface area contributed by atoms with Crippen LogP contribution in [-0.4, -0.2) is 22.6 Å². The summed E-state index contributed by atoms with van der Waals surface area (Å²) in [6.07, 6.45) is 2.03. The van der Waals surface area contributed by atoms with Gasteiger partial charge in [-0.15, -0.1) is 0 Å². The topological polar surface area (TPSA) is 104 Å². The third kappa shape index (κ3) is 5.21. The summed E-state index contributed by atoms with van der Waals surface area (Å²) in [7, 11) is -7.48. The predicted molar refractivity (Wildman–Crippen MR) is 80.7 cm³/mol. The fourth-order valence-electron chi connectivity index (χ4n) is 1.55. The maximum atomic E-state index is 12.0. The van der Waals surface area contributed by atoms with Crippen molar-refractivity contribution in [1.82, 2.24) is 0 Å². The molecule has 0 aliphatic rings. The highest BCUT2D eigenvalue weighted by atomic mass is 32.2. The molecule has 8 heteroatoms. The molecule has 0 spiro atoms. The molecular formula is C13H16N2O4S2. The highest BCUT2D eigenvalue weighted by Gasteiger charge is 2.19. The van der Waals surface area contributed by atoms with E-state index >= 15 is 0 Å². The van der Waals surface area contributed by atoms with Gasteiger partial charge in [-0.25, -0.2) is 16.8 Å². The molecule has 21 heavy (non-hydrogen) atoms. The van der Waals surface area contributed by atoms with Crippen molar-refractivity contribution in [2.75, 3.05) is 10.5 Å². The van der Waals surface area contributed by atoms with Gasteiger partial charge in [-0.1, -0.05) is 25.5 Å². The van der Waals surface area contributed by atoms with Crippen molar-refractivity contribution in [1.29, 1.82) is 5.26 Å². The summed E-state index contributed by atoms with van der Waals surface area (Å²) in [4.78, 5) is -0.184. The average Bonchev–Trinajstić information content (AvgIpc) is 2.43. The number of unbranched alkanes of at least 4 members (excludes halogenated alkanes) is 1. The fourth-order valence-corrected chi connectivity index (χ4v) is 3.97. The highest BCUT2D eigenvalue weighted by molar-refractivity contribution is 7.95. The van der Waals surface area contributed by atoms with E-state index < -0.39 is 19.9 Å². The van der Waals surface area contributed by atoms with Gasteiger partial charge < -0.3 is 0 Å². The zero-order chi connectivity index (χ0) is 15.9. The van der Waals surface area contributed by atoms with E-state index in [1.54, 1.807) is 6.07 Å². The zero-order valence-electron chi connectivity index (χ0n) is 11.5. The molecule has 0 unspecified atom stereocenters. The molecule has 1 aromatic carbocycles. The van der Waals surface area contributed by atoms with Crippen LogP contribution in [0.4, 0.5) is 5.69 Å². The van der Waals surface area contributed by atoms with Crippen molar-refractivity contribution < 1.29 is 16.8 Å². The number of nitrogens with zero attached hydrogens (tertiary/aromatic N) is 1. The number of benzene rings is 1. The van der Waals surface area contributed by atoms with Gasteiger partial charge in [0, 0.05) is 11.5 Å². The normalized spacial score (nSPS) is 12.2. The lowest BCUT2D eigenvalue weighted by Crippen LogP contribution is -2.18. The van der Waals surface area contributed by atoms with Crippen LogP contribution in [0.1, 0.15) is 19.8 Å². The number of nitriles is 1. The van der Waals surface area contributed by atoms with Gasteiger partial charge in [-0.05, 0) is 18.6 Å². The molecule has 1 aromatic rings. The van der Waals surface area contributed by atoms with Crippen LogP contribution in [0.25, 0.3) is 0 Å². The van der Waals surface area contributed by atoms with E-state index in [-0.39, 0.29) is 16.3 Å². The Hall–Kier alpha value is -1.85. The van der Waals surface area contributed by atoms with E-state index in [1.165, 1.54) is 24.3 Å². The lowest BCUT2D eigenvalue weighted by molar-refractivity contribution is 0.597. The number of anilines is 1. The maximum absolute atomic E-state index is 12.0. The molecule has 0 bridgehead atoms. The molecule has 6 nitrogen and oxygen atoms in total. The quantitative estimate of drug-likeness (QED) is 0.771. The number of sulfonamides is 1. The van der Waals surface area contributed by atoms with E-state index in [9.17, 15) is 16.8 Å². The van der Waals surface area contributed by atoms with E-state index in [4.69, 9.17) is 5.26 Å². The molecule has 0 aliphatic carbocycles. The van der Waals surface area contributed by atoms with Crippen molar-refractivity contribution in [2.24, 2.45) is 0 Å². The molecule has 0 amide bonds. The van der Waals surface area contributed by atoms with Crippen LogP contribution in [0.15, 0.2) is 40.6 Å². The minimum absolute atomic E-state index is 0.0174. The number of sulfone groups is 1. The van der Waals surface area contributed by atoms with Gasteiger partial charge in [0.1, 0.15) is 0 Å².